The van der Waals surface area contributed by atoms with Crippen LogP contribution in [-0.2, 0) is 22.6 Å². The molecule has 0 heterocycles. The van der Waals surface area contributed by atoms with Crippen LogP contribution in [0.5, 0.6) is 5.75 Å². The molecule has 0 saturated heterocycles. The van der Waals surface area contributed by atoms with Crippen molar-refractivity contribution in [1.29, 1.82) is 0 Å². The molecule has 0 aliphatic rings. The Kier molecular flexibility index (Phi) is 10.6. The summed E-state index contributed by atoms with van der Waals surface area (Å²) in [6.07, 6.45) is 2.31. The lowest BCUT2D eigenvalue weighted by atomic mass is 10.0. The second kappa shape index (κ2) is 13.9. The van der Waals surface area contributed by atoms with Crippen molar-refractivity contribution < 1.29 is 14.3 Å². The molecule has 3 aromatic rings. The first-order chi connectivity index (χ1) is 17.0. The van der Waals surface area contributed by atoms with Crippen LogP contribution >= 0.6 is 22.6 Å². The van der Waals surface area contributed by atoms with Crippen LogP contribution in [0.3, 0.4) is 0 Å². The number of rotatable bonds is 12. The highest BCUT2D eigenvalue weighted by Gasteiger charge is 2.30. The number of benzene rings is 3. The molecular formula is C29H33IN2O3. The summed E-state index contributed by atoms with van der Waals surface area (Å²) in [4.78, 5) is 28.6. The van der Waals surface area contributed by atoms with E-state index in [0.29, 0.717) is 25.3 Å². The summed E-state index contributed by atoms with van der Waals surface area (Å²) in [6.45, 7) is 4.89. The normalized spacial score (nSPS) is 11.5. The SMILES string of the molecule is CCCCNC(=O)[C@@H](Cc1ccccc1)N(Cc1ccc(C)cc1)C(=O)COc1ccc(I)cc1. The highest BCUT2D eigenvalue weighted by atomic mass is 127. The quantitative estimate of drug-likeness (QED) is 0.225. The van der Waals surface area contributed by atoms with Crippen LogP contribution in [0.15, 0.2) is 78.9 Å². The molecule has 35 heavy (non-hydrogen) atoms. The van der Waals surface area contributed by atoms with Gasteiger partial charge in [-0.2, -0.15) is 0 Å². The third-order valence-electron chi connectivity index (χ3n) is 5.75. The van der Waals surface area contributed by atoms with Gasteiger partial charge >= 0.3 is 0 Å². The van der Waals surface area contributed by atoms with Crippen molar-refractivity contribution in [3.8, 4) is 5.75 Å². The highest BCUT2D eigenvalue weighted by molar-refractivity contribution is 14.1. The molecule has 0 aliphatic carbocycles. The van der Waals surface area contributed by atoms with Crippen molar-refractivity contribution >= 4 is 34.4 Å². The average Bonchev–Trinajstić information content (AvgIpc) is 2.87. The second-order valence-corrected chi connectivity index (χ2v) is 9.85. The van der Waals surface area contributed by atoms with Gasteiger partial charge in [-0.3, -0.25) is 9.59 Å². The van der Waals surface area contributed by atoms with Crippen molar-refractivity contribution in [2.45, 2.75) is 45.7 Å². The van der Waals surface area contributed by atoms with Crippen LogP contribution in [0.2, 0.25) is 0 Å². The van der Waals surface area contributed by atoms with Gasteiger partial charge in [0.15, 0.2) is 6.61 Å². The number of unbranched alkanes of at least 4 members (excludes halogenated alkanes) is 1. The molecule has 0 spiro atoms. The summed E-state index contributed by atoms with van der Waals surface area (Å²) in [5.74, 6) is 0.258. The monoisotopic (exact) mass is 584 g/mol. The Morgan fingerprint density at radius 3 is 2.29 bits per heavy atom. The number of nitrogens with one attached hydrogen (secondary N) is 1. The Labute approximate surface area is 222 Å². The first-order valence-corrected chi connectivity index (χ1v) is 13.1. The van der Waals surface area contributed by atoms with E-state index in [2.05, 4.69) is 34.8 Å². The van der Waals surface area contributed by atoms with E-state index in [-0.39, 0.29) is 18.4 Å². The predicted octanol–water partition coefficient (Wildman–Crippen LogP) is 5.53. The van der Waals surface area contributed by atoms with Crippen LogP contribution in [-0.4, -0.2) is 35.9 Å². The molecular weight excluding hydrogens is 551 g/mol. The lowest BCUT2D eigenvalue weighted by Crippen LogP contribution is -2.51. The van der Waals surface area contributed by atoms with Gasteiger partial charge in [-0.25, -0.2) is 0 Å². The van der Waals surface area contributed by atoms with Crippen molar-refractivity contribution in [1.82, 2.24) is 10.2 Å². The Hall–Kier alpha value is -2.87. The van der Waals surface area contributed by atoms with Crippen molar-refractivity contribution in [3.63, 3.8) is 0 Å². The predicted molar refractivity (Wildman–Crippen MR) is 148 cm³/mol. The smallest absolute Gasteiger partial charge is 0.261 e. The summed E-state index contributed by atoms with van der Waals surface area (Å²) >= 11 is 2.23. The molecule has 0 unspecified atom stereocenters. The molecule has 1 N–H and O–H groups in total. The molecule has 0 aliphatic heterocycles. The molecule has 0 radical (unpaired) electrons. The Morgan fingerprint density at radius 1 is 0.943 bits per heavy atom. The number of hydrogen-bond acceptors (Lipinski definition) is 3. The van der Waals surface area contributed by atoms with Gasteiger partial charge in [0.2, 0.25) is 5.91 Å². The van der Waals surface area contributed by atoms with E-state index in [1.54, 1.807) is 4.90 Å². The minimum atomic E-state index is -0.650. The van der Waals surface area contributed by atoms with Crippen molar-refractivity contribution in [2.75, 3.05) is 13.2 Å². The Balaban J connectivity index is 1.86. The fourth-order valence-electron chi connectivity index (χ4n) is 3.71. The molecule has 0 aromatic heterocycles. The molecule has 2 amide bonds. The van der Waals surface area contributed by atoms with E-state index in [9.17, 15) is 9.59 Å². The van der Waals surface area contributed by atoms with E-state index < -0.39 is 6.04 Å². The van der Waals surface area contributed by atoms with E-state index >= 15 is 0 Å². The largest absolute Gasteiger partial charge is 0.484 e. The number of hydrogen-bond donors (Lipinski definition) is 1. The first-order valence-electron chi connectivity index (χ1n) is 12.0. The van der Waals surface area contributed by atoms with Crippen molar-refractivity contribution in [3.05, 3.63) is 99.1 Å². The van der Waals surface area contributed by atoms with Gasteiger partial charge in [-0.1, -0.05) is 73.5 Å². The maximum atomic E-state index is 13.5. The summed E-state index contributed by atoms with van der Waals surface area (Å²) < 4.78 is 6.90. The third kappa shape index (κ3) is 8.69. The van der Waals surface area contributed by atoms with Gasteiger partial charge in [0, 0.05) is 23.1 Å². The van der Waals surface area contributed by atoms with E-state index in [1.165, 1.54) is 0 Å². The fourth-order valence-corrected chi connectivity index (χ4v) is 4.07. The maximum absolute atomic E-state index is 13.5. The lowest BCUT2D eigenvalue weighted by Gasteiger charge is -2.31. The lowest BCUT2D eigenvalue weighted by molar-refractivity contribution is -0.142. The number of halogens is 1. The van der Waals surface area contributed by atoms with Crippen LogP contribution in [0.25, 0.3) is 0 Å². The first kappa shape index (κ1) is 26.7. The zero-order valence-electron chi connectivity index (χ0n) is 20.4. The standard InChI is InChI=1S/C29H33IN2O3/c1-3-4-18-31-29(34)27(19-23-8-6-5-7-9-23)32(20-24-12-10-22(2)11-13-24)28(33)21-35-26-16-14-25(30)15-17-26/h5-17,27H,3-4,18-21H2,1-2H3,(H,31,34)/t27-/m1/s1. The second-order valence-electron chi connectivity index (χ2n) is 8.60. The third-order valence-corrected chi connectivity index (χ3v) is 6.47. The van der Waals surface area contributed by atoms with Gasteiger partial charge in [0.1, 0.15) is 11.8 Å². The van der Waals surface area contributed by atoms with Crippen LogP contribution in [0.4, 0.5) is 0 Å². The topological polar surface area (TPSA) is 58.6 Å². The number of nitrogens with zero attached hydrogens (tertiary/aromatic N) is 1. The minimum absolute atomic E-state index is 0.139. The van der Waals surface area contributed by atoms with E-state index in [4.69, 9.17) is 4.74 Å². The van der Waals surface area contributed by atoms with Crippen LogP contribution in [0, 0.1) is 10.5 Å². The molecule has 184 valence electrons. The van der Waals surface area contributed by atoms with E-state index in [0.717, 1.165) is 33.1 Å². The van der Waals surface area contributed by atoms with Crippen LogP contribution < -0.4 is 10.1 Å². The summed E-state index contributed by atoms with van der Waals surface area (Å²) in [5, 5.41) is 3.04. The molecule has 5 nitrogen and oxygen atoms in total. The number of amides is 2. The summed E-state index contributed by atoms with van der Waals surface area (Å²) in [6, 6.07) is 24.8. The number of aryl methyl sites for hydroxylation is 1. The fraction of sp³-hybridized carbons (Fsp3) is 0.310. The number of carbonyl (C=O) groups is 2. The van der Waals surface area contributed by atoms with Gasteiger partial charge in [0.05, 0.1) is 0 Å². The molecule has 0 fully saturated rings. The Morgan fingerprint density at radius 2 is 1.63 bits per heavy atom. The number of carbonyl (C=O) groups excluding carboxylic acids is 2. The molecule has 6 heteroatoms. The molecule has 0 bridgehead atoms. The average molecular weight is 584 g/mol. The zero-order valence-corrected chi connectivity index (χ0v) is 22.5. The van der Waals surface area contributed by atoms with Gasteiger partial charge in [0.25, 0.3) is 5.91 Å². The zero-order chi connectivity index (χ0) is 25.0. The molecule has 3 rings (SSSR count). The molecule has 3 aromatic carbocycles. The maximum Gasteiger partial charge on any atom is 0.261 e. The van der Waals surface area contributed by atoms with Gasteiger partial charge in [-0.15, -0.1) is 0 Å². The summed E-state index contributed by atoms with van der Waals surface area (Å²) in [5.41, 5.74) is 3.12. The molecule has 1 atom stereocenters. The number of ether oxygens (including phenoxy) is 1. The van der Waals surface area contributed by atoms with E-state index in [1.807, 2.05) is 85.8 Å². The van der Waals surface area contributed by atoms with Crippen LogP contribution in [0.1, 0.15) is 36.5 Å². The van der Waals surface area contributed by atoms with Crippen molar-refractivity contribution in [2.24, 2.45) is 0 Å². The molecule has 0 saturated carbocycles. The Bertz CT molecular complexity index is 1070. The highest BCUT2D eigenvalue weighted by Crippen LogP contribution is 2.17. The van der Waals surface area contributed by atoms with Gasteiger partial charge in [-0.05, 0) is 71.3 Å². The summed E-state index contributed by atoms with van der Waals surface area (Å²) in [7, 11) is 0. The van der Waals surface area contributed by atoms with Gasteiger partial charge < -0.3 is 15.0 Å². The minimum Gasteiger partial charge on any atom is -0.484 e.